The Bertz CT molecular complexity index is 1350. The van der Waals surface area contributed by atoms with Crippen LogP contribution in [0.3, 0.4) is 0 Å². The molecule has 5 nitrogen and oxygen atoms in total. The van der Waals surface area contributed by atoms with E-state index in [0.29, 0.717) is 24.0 Å². The van der Waals surface area contributed by atoms with Crippen LogP contribution in [0.25, 0.3) is 0 Å². The van der Waals surface area contributed by atoms with E-state index in [1.54, 1.807) is 6.92 Å². The molecule has 1 amide bonds. The van der Waals surface area contributed by atoms with Crippen LogP contribution in [-0.4, -0.2) is 27.8 Å². The molecule has 1 aliphatic heterocycles. The number of aryl methyl sites for hydroxylation is 1. The van der Waals surface area contributed by atoms with Crippen molar-refractivity contribution in [1.29, 1.82) is 5.26 Å². The topological polar surface area (TPSA) is 74.5 Å². The van der Waals surface area contributed by atoms with E-state index < -0.39 is 70.6 Å². The van der Waals surface area contributed by atoms with Gasteiger partial charge in [-0.25, -0.2) is 0 Å². The molecule has 14 heteroatoms. The second-order valence-electron chi connectivity index (χ2n) is 8.48. The molecule has 2 aromatic rings. The average Bonchev–Trinajstić information content (AvgIpc) is 3.59. The van der Waals surface area contributed by atoms with Gasteiger partial charge in [0.15, 0.2) is 0 Å². The van der Waals surface area contributed by atoms with Crippen molar-refractivity contribution >= 4 is 23.2 Å². The Labute approximate surface area is 220 Å². The number of benzene rings is 2. The summed E-state index contributed by atoms with van der Waals surface area (Å²) in [6.07, 6.45) is -9.30. The Morgan fingerprint density at radius 2 is 1.86 bits per heavy atom. The van der Waals surface area contributed by atoms with Gasteiger partial charge in [-0.15, -0.1) is 0 Å². The predicted molar refractivity (Wildman–Crippen MR) is 113 cm³/mol. The fraction of sp³-hybridized carbons (Fsp3) is 0.348. The van der Waals surface area contributed by atoms with Crippen molar-refractivity contribution in [2.45, 2.75) is 41.3 Å². The van der Waals surface area contributed by atoms with Crippen LogP contribution in [-0.2, 0) is 14.6 Å². The number of hydrogen-bond acceptors (Lipinski definition) is 4. The summed E-state index contributed by atoms with van der Waals surface area (Å²) in [5, 5.41) is 14.2. The molecule has 0 bridgehead atoms. The Morgan fingerprint density at radius 1 is 1.19 bits per heavy atom. The van der Waals surface area contributed by atoms with Crippen LogP contribution in [0.4, 0.5) is 30.7 Å². The van der Waals surface area contributed by atoms with Gasteiger partial charge in [-0.2, -0.15) is 0 Å². The zero-order valence-electron chi connectivity index (χ0n) is 18.6. The van der Waals surface area contributed by atoms with Gasteiger partial charge in [-0.1, -0.05) is 0 Å². The number of nitriles is 1. The van der Waals surface area contributed by atoms with Crippen LogP contribution < -0.4 is 26.5 Å². The Hall–Kier alpha value is -2.60. The summed E-state index contributed by atoms with van der Waals surface area (Å²) in [6, 6.07) is 6.65. The molecule has 198 valence electrons. The summed E-state index contributed by atoms with van der Waals surface area (Å²) in [4.78, 5) is 17.3. The first-order valence-electron chi connectivity index (χ1n) is 10.5. The molecule has 37 heavy (non-hydrogen) atoms. The van der Waals surface area contributed by atoms with Crippen LogP contribution >= 0.6 is 11.6 Å². The maximum absolute atomic E-state index is 14.7. The van der Waals surface area contributed by atoms with E-state index in [1.807, 2.05) is 6.07 Å². The summed E-state index contributed by atoms with van der Waals surface area (Å²) >= 11 is 3.27. The molecule has 1 heterocycles. The second kappa shape index (κ2) is 9.30. The number of halogens is 9. The monoisotopic (exact) mass is 660 g/mol. The molecule has 0 saturated heterocycles. The molecule has 1 saturated carbocycles. The number of nitrogens with one attached hydrogen (secondary N) is 1. The number of carbonyl (C=O) groups excluding carboxylic acids is 1. The third kappa shape index (κ3) is 5.09. The summed E-state index contributed by atoms with van der Waals surface area (Å²) in [7, 11) is 0. The van der Waals surface area contributed by atoms with E-state index in [0.717, 1.165) is 0 Å². The molecule has 0 unspecified atom stereocenters. The molecule has 0 spiro atoms. The standard InChI is InChI=1S/C23H15ClF7IN3O2/c1-11-6-12(2-3-14(11)19(36)34-20(10-33)4-5-20)17-9-32-21(37-35-17,23(29,30)31)15-7-13(22(26,27)28)8-16(24)18(15)25/h2-3,6-8H,4-5,9H2,1H3,(H,34,36)/q-1/t21-/m1/s1. The Balaban J connectivity index is 1.67. The van der Waals surface area contributed by atoms with Gasteiger partial charge in [-0.3, -0.25) is 0 Å². The number of alkyl halides is 8. The van der Waals surface area contributed by atoms with Crippen molar-refractivity contribution in [3.63, 3.8) is 0 Å². The van der Waals surface area contributed by atoms with Crippen molar-refractivity contribution in [3.05, 3.63) is 69.0 Å². The summed E-state index contributed by atoms with van der Waals surface area (Å²) in [5.74, 6) is -2.15. The molecule has 2 aliphatic rings. The van der Waals surface area contributed by atoms with Crippen LogP contribution in [0.15, 0.2) is 35.5 Å². The second-order valence-corrected chi connectivity index (χ2v) is 11.9. The molecule has 1 N–H and O–H groups in total. The Morgan fingerprint density at radius 3 is 2.35 bits per heavy atom. The fourth-order valence-electron chi connectivity index (χ4n) is 3.61. The van der Waals surface area contributed by atoms with E-state index >= 15 is 0 Å². The molecule has 4 rings (SSSR count). The molecule has 0 aromatic heterocycles. The van der Waals surface area contributed by atoms with Gasteiger partial charge in [0.25, 0.3) is 0 Å². The van der Waals surface area contributed by atoms with Crippen molar-refractivity contribution in [1.82, 2.24) is 5.32 Å². The predicted octanol–water partition coefficient (Wildman–Crippen LogP) is 2.83. The van der Waals surface area contributed by atoms with Gasteiger partial charge in [0, 0.05) is 0 Å². The van der Waals surface area contributed by atoms with E-state index in [9.17, 15) is 35.5 Å². The number of oxime groups is 1. The first kappa shape index (κ1) is 27.4. The Kier molecular flexibility index (Phi) is 6.90. The summed E-state index contributed by atoms with van der Waals surface area (Å²) in [5.41, 5.74) is -2.71. The van der Waals surface area contributed by atoms with E-state index in [-0.39, 0.29) is 27.8 Å². The van der Waals surface area contributed by atoms with Gasteiger partial charge in [-0.05, 0) is 0 Å². The number of nitrogens with zero attached hydrogens (tertiary/aromatic N) is 2. The van der Waals surface area contributed by atoms with E-state index in [4.69, 9.17) is 21.7 Å². The van der Waals surface area contributed by atoms with Gasteiger partial charge in [0.2, 0.25) is 0 Å². The number of carbonyl (C=O) groups is 1. The molecule has 1 fully saturated rings. The molecule has 1 atom stereocenters. The fourth-order valence-corrected chi connectivity index (χ4v) is 6.79. The first-order valence-corrected chi connectivity index (χ1v) is 13.4. The van der Waals surface area contributed by atoms with Crippen LogP contribution in [0.2, 0.25) is 5.02 Å². The normalized spacial score (nSPS) is 21.1. The number of rotatable bonds is 4. The number of amides is 1. The van der Waals surface area contributed by atoms with Crippen LogP contribution in [0.5, 0.6) is 0 Å². The summed E-state index contributed by atoms with van der Waals surface area (Å²) in [6.45, 7) is 1.59. The first-order chi connectivity index (χ1) is 17.1. The summed E-state index contributed by atoms with van der Waals surface area (Å²) < 4.78 is 93.3. The van der Waals surface area contributed by atoms with Crippen molar-refractivity contribution in [3.8, 4) is 6.07 Å². The van der Waals surface area contributed by atoms with Gasteiger partial charge in [0.1, 0.15) is 0 Å². The zero-order valence-corrected chi connectivity index (χ0v) is 21.5. The van der Waals surface area contributed by atoms with E-state index in [2.05, 4.69) is 10.5 Å². The quantitative estimate of drug-likeness (QED) is 0.312. The average molecular weight is 661 g/mol. The van der Waals surface area contributed by atoms with Gasteiger partial charge >= 0.3 is 221 Å². The van der Waals surface area contributed by atoms with Gasteiger partial charge < -0.3 is 0 Å². The van der Waals surface area contributed by atoms with Crippen molar-refractivity contribution < 1.29 is 61.6 Å². The van der Waals surface area contributed by atoms with Crippen molar-refractivity contribution in [2.24, 2.45) is 5.16 Å². The zero-order chi connectivity index (χ0) is 27.4. The minimum absolute atomic E-state index is 0.0559. The molecular weight excluding hydrogens is 646 g/mol. The van der Waals surface area contributed by atoms with Crippen molar-refractivity contribution in [2.75, 3.05) is 4.43 Å². The molecule has 0 radical (unpaired) electrons. The van der Waals surface area contributed by atoms with E-state index in [1.165, 1.54) is 18.2 Å². The number of hydrogen-bond donors (Lipinski definition) is 1. The molecule has 2 aromatic carbocycles. The molecule has 1 aliphatic carbocycles. The third-order valence-corrected chi connectivity index (χ3v) is 9.69. The maximum atomic E-state index is 14.7. The molecular formula is C23H15ClF7IN3O2-. The van der Waals surface area contributed by atoms with Crippen LogP contribution in [0, 0.1) is 24.1 Å². The minimum atomic E-state index is -5.29. The van der Waals surface area contributed by atoms with Gasteiger partial charge in [0.05, 0.1) is 0 Å². The SMILES string of the molecule is Cc1cc(C2=NO[C@](c3cc(C(F)(F)F)cc(Cl)c3F)(C(F)(F)F)[I-]C2)ccc1C(=O)NC1(C#N)CC1. The van der Waals surface area contributed by atoms with Crippen LogP contribution in [0.1, 0.15) is 45.5 Å². The third-order valence-electron chi connectivity index (χ3n) is 5.85.